The summed E-state index contributed by atoms with van der Waals surface area (Å²) >= 11 is 0. The average Bonchev–Trinajstić information content (AvgIpc) is 2.76. The van der Waals surface area contributed by atoms with Gasteiger partial charge in [-0.15, -0.1) is 0 Å². The molecular weight excluding hydrogens is 399 g/mol. The van der Waals surface area contributed by atoms with Gasteiger partial charge in [0.25, 0.3) is 5.91 Å². The van der Waals surface area contributed by atoms with Crippen molar-refractivity contribution in [2.24, 2.45) is 0 Å². The standard InChI is InChI=1S/C24H29FN2O4/c1-17-14-27(18(2)13-26(17)15-19-7-9-21(25)10-8-19)23(28)16-31-22-6-4-5-20(11-22)12-24(29)30-3/h4-11,17-18H,12-16H2,1-3H3. The normalized spacial score (nSPS) is 19.2. The van der Waals surface area contributed by atoms with E-state index in [2.05, 4.69) is 16.6 Å². The fourth-order valence-electron chi connectivity index (χ4n) is 3.80. The zero-order valence-electron chi connectivity index (χ0n) is 18.2. The molecule has 0 aromatic heterocycles. The molecule has 2 aromatic rings. The van der Waals surface area contributed by atoms with Gasteiger partial charge in [-0.3, -0.25) is 14.5 Å². The van der Waals surface area contributed by atoms with Crippen LogP contribution in [-0.2, 0) is 27.3 Å². The monoisotopic (exact) mass is 428 g/mol. The van der Waals surface area contributed by atoms with E-state index in [1.807, 2.05) is 17.9 Å². The molecule has 7 heteroatoms. The molecule has 0 saturated carbocycles. The van der Waals surface area contributed by atoms with E-state index < -0.39 is 0 Å². The summed E-state index contributed by atoms with van der Waals surface area (Å²) in [6.07, 6.45) is 0.159. The number of esters is 1. The van der Waals surface area contributed by atoms with Crippen molar-refractivity contribution in [2.45, 2.75) is 38.9 Å². The van der Waals surface area contributed by atoms with Crippen LogP contribution in [0.25, 0.3) is 0 Å². The quantitative estimate of drug-likeness (QED) is 0.635. The molecular formula is C24H29FN2O4. The van der Waals surface area contributed by atoms with Gasteiger partial charge in [0.1, 0.15) is 11.6 Å². The molecule has 1 heterocycles. The van der Waals surface area contributed by atoms with Gasteiger partial charge in [0.15, 0.2) is 6.61 Å². The SMILES string of the molecule is COC(=O)Cc1cccc(OCC(=O)N2CC(C)N(Cc3ccc(F)cc3)CC2C)c1. The van der Waals surface area contributed by atoms with Gasteiger partial charge >= 0.3 is 5.97 Å². The van der Waals surface area contributed by atoms with Gasteiger partial charge in [0, 0.05) is 31.7 Å². The van der Waals surface area contributed by atoms with Gasteiger partial charge in [0.2, 0.25) is 0 Å². The first-order valence-corrected chi connectivity index (χ1v) is 10.4. The molecule has 1 aliphatic heterocycles. The van der Waals surface area contributed by atoms with Crippen LogP contribution < -0.4 is 4.74 Å². The van der Waals surface area contributed by atoms with Gasteiger partial charge in [-0.25, -0.2) is 4.39 Å². The third-order valence-electron chi connectivity index (χ3n) is 5.57. The second kappa shape index (κ2) is 10.4. The molecule has 3 rings (SSSR count). The van der Waals surface area contributed by atoms with Crippen LogP contribution in [0.3, 0.4) is 0 Å². The predicted molar refractivity (Wildman–Crippen MR) is 115 cm³/mol. The summed E-state index contributed by atoms with van der Waals surface area (Å²) in [7, 11) is 1.35. The van der Waals surface area contributed by atoms with Crippen LogP contribution in [0.4, 0.5) is 4.39 Å². The van der Waals surface area contributed by atoms with Crippen LogP contribution >= 0.6 is 0 Å². The first kappa shape index (κ1) is 22.7. The van der Waals surface area contributed by atoms with Crippen LogP contribution in [0.1, 0.15) is 25.0 Å². The number of nitrogens with zero attached hydrogens (tertiary/aromatic N) is 2. The molecule has 1 fully saturated rings. The topological polar surface area (TPSA) is 59.1 Å². The Morgan fingerprint density at radius 1 is 1.03 bits per heavy atom. The molecule has 6 nitrogen and oxygen atoms in total. The third kappa shape index (κ3) is 6.28. The molecule has 0 spiro atoms. The third-order valence-corrected chi connectivity index (χ3v) is 5.57. The highest BCUT2D eigenvalue weighted by atomic mass is 19.1. The van der Waals surface area contributed by atoms with Crippen molar-refractivity contribution in [3.63, 3.8) is 0 Å². The van der Waals surface area contributed by atoms with E-state index in [4.69, 9.17) is 4.74 Å². The highest BCUT2D eigenvalue weighted by Crippen LogP contribution is 2.20. The summed E-state index contributed by atoms with van der Waals surface area (Å²) in [6, 6.07) is 13.9. The highest BCUT2D eigenvalue weighted by molar-refractivity contribution is 5.78. The van der Waals surface area contributed by atoms with Crippen molar-refractivity contribution in [1.82, 2.24) is 9.80 Å². The van der Waals surface area contributed by atoms with Gasteiger partial charge in [-0.05, 0) is 49.2 Å². The lowest BCUT2D eigenvalue weighted by molar-refractivity contribution is -0.140. The number of methoxy groups -OCH3 is 1. The van der Waals surface area contributed by atoms with Gasteiger partial charge < -0.3 is 14.4 Å². The van der Waals surface area contributed by atoms with Crippen molar-refractivity contribution >= 4 is 11.9 Å². The molecule has 1 saturated heterocycles. The van der Waals surface area contributed by atoms with Crippen molar-refractivity contribution in [2.75, 3.05) is 26.8 Å². The number of ether oxygens (including phenoxy) is 2. The lowest BCUT2D eigenvalue weighted by Crippen LogP contribution is -2.58. The molecule has 0 radical (unpaired) electrons. The summed E-state index contributed by atoms with van der Waals surface area (Å²) in [6.45, 7) is 6.12. The molecule has 2 unspecified atom stereocenters. The van der Waals surface area contributed by atoms with Crippen molar-refractivity contribution in [3.05, 3.63) is 65.5 Å². The number of carbonyl (C=O) groups excluding carboxylic acids is 2. The Bertz CT molecular complexity index is 903. The summed E-state index contributed by atoms with van der Waals surface area (Å²) in [5.41, 5.74) is 1.82. The van der Waals surface area contributed by atoms with E-state index in [-0.39, 0.29) is 42.8 Å². The Morgan fingerprint density at radius 3 is 2.48 bits per heavy atom. The molecule has 0 N–H and O–H groups in total. The smallest absolute Gasteiger partial charge is 0.309 e. The van der Waals surface area contributed by atoms with Crippen LogP contribution in [0.2, 0.25) is 0 Å². The van der Waals surface area contributed by atoms with E-state index >= 15 is 0 Å². The number of rotatable bonds is 7. The highest BCUT2D eigenvalue weighted by Gasteiger charge is 2.32. The number of hydrogen-bond donors (Lipinski definition) is 0. The minimum atomic E-state index is -0.324. The Kier molecular flexibility index (Phi) is 7.63. The minimum Gasteiger partial charge on any atom is -0.484 e. The van der Waals surface area contributed by atoms with Crippen molar-refractivity contribution < 1.29 is 23.5 Å². The summed E-state index contributed by atoms with van der Waals surface area (Å²) in [4.78, 5) is 28.4. The largest absolute Gasteiger partial charge is 0.484 e. The Balaban J connectivity index is 1.54. The molecule has 0 aliphatic carbocycles. The van der Waals surface area contributed by atoms with E-state index in [0.717, 1.165) is 24.2 Å². The lowest BCUT2D eigenvalue weighted by Gasteiger charge is -2.44. The first-order valence-electron chi connectivity index (χ1n) is 10.4. The Labute approximate surface area is 182 Å². The minimum absolute atomic E-state index is 0.0402. The number of piperazine rings is 1. The Hall–Kier alpha value is -2.93. The van der Waals surface area contributed by atoms with Crippen LogP contribution in [0, 0.1) is 5.82 Å². The molecule has 1 aliphatic rings. The number of hydrogen-bond acceptors (Lipinski definition) is 5. The number of halogens is 1. The lowest BCUT2D eigenvalue weighted by atomic mass is 10.1. The van der Waals surface area contributed by atoms with Crippen molar-refractivity contribution in [1.29, 1.82) is 0 Å². The molecule has 166 valence electrons. The average molecular weight is 429 g/mol. The van der Waals surface area contributed by atoms with Gasteiger partial charge in [-0.1, -0.05) is 24.3 Å². The zero-order valence-corrected chi connectivity index (χ0v) is 18.2. The number of amides is 1. The van der Waals surface area contributed by atoms with Gasteiger partial charge in [-0.2, -0.15) is 0 Å². The molecule has 2 atom stereocenters. The first-order chi connectivity index (χ1) is 14.9. The summed E-state index contributed by atoms with van der Waals surface area (Å²) < 4.78 is 23.5. The maximum absolute atomic E-state index is 13.1. The summed E-state index contributed by atoms with van der Waals surface area (Å²) in [5.74, 6) is -0.0875. The predicted octanol–water partition coefficient (Wildman–Crippen LogP) is 3.04. The fourth-order valence-corrected chi connectivity index (χ4v) is 3.80. The second-order valence-corrected chi connectivity index (χ2v) is 7.99. The van der Waals surface area contributed by atoms with Crippen LogP contribution in [-0.4, -0.2) is 60.6 Å². The maximum Gasteiger partial charge on any atom is 0.309 e. The van der Waals surface area contributed by atoms with E-state index in [1.54, 1.807) is 30.3 Å². The van der Waals surface area contributed by atoms with E-state index in [0.29, 0.717) is 12.3 Å². The molecule has 1 amide bonds. The molecule has 0 bridgehead atoms. The Morgan fingerprint density at radius 2 is 1.77 bits per heavy atom. The van der Waals surface area contributed by atoms with E-state index in [9.17, 15) is 14.0 Å². The van der Waals surface area contributed by atoms with Crippen molar-refractivity contribution in [3.8, 4) is 5.75 Å². The number of benzene rings is 2. The molecule has 31 heavy (non-hydrogen) atoms. The van der Waals surface area contributed by atoms with Gasteiger partial charge in [0.05, 0.1) is 13.5 Å². The van der Waals surface area contributed by atoms with E-state index in [1.165, 1.54) is 19.2 Å². The number of carbonyl (C=O) groups is 2. The zero-order chi connectivity index (χ0) is 22.4. The van der Waals surface area contributed by atoms with Crippen LogP contribution in [0.5, 0.6) is 5.75 Å². The molecule has 2 aromatic carbocycles. The maximum atomic E-state index is 13.1. The second-order valence-electron chi connectivity index (χ2n) is 7.99. The van der Waals surface area contributed by atoms with Crippen LogP contribution in [0.15, 0.2) is 48.5 Å². The summed E-state index contributed by atoms with van der Waals surface area (Å²) in [5, 5.41) is 0. The fraction of sp³-hybridized carbons (Fsp3) is 0.417.